The van der Waals surface area contributed by atoms with Crippen LogP contribution in [0.25, 0.3) is 0 Å². The summed E-state index contributed by atoms with van der Waals surface area (Å²) in [7, 11) is 0. The number of rotatable bonds is 2. The number of hydrogen-bond acceptors (Lipinski definition) is 0. The predicted octanol–water partition coefficient (Wildman–Crippen LogP) is 2.89. The van der Waals surface area contributed by atoms with Gasteiger partial charge in [0.05, 0.1) is 12.8 Å². The van der Waals surface area contributed by atoms with Gasteiger partial charge >= 0.3 is 0 Å². The molecule has 0 aromatic heterocycles. The molecule has 0 fully saturated rings. The van der Waals surface area contributed by atoms with E-state index in [2.05, 4.69) is 34.6 Å². The Hall–Kier alpha value is -0.130. The van der Waals surface area contributed by atoms with Gasteiger partial charge in [0.2, 0.25) is 0 Å². The lowest BCUT2D eigenvalue weighted by Gasteiger charge is -2.21. The SMILES string of the molecule is [CH2+]C(C)C(C)(C)CC. The summed E-state index contributed by atoms with van der Waals surface area (Å²) in [4.78, 5) is 0. The highest BCUT2D eigenvalue weighted by Crippen LogP contribution is 2.28. The third-order valence-corrected chi connectivity index (χ3v) is 2.25. The zero-order valence-corrected chi connectivity index (χ0v) is 6.49. The summed E-state index contributed by atoms with van der Waals surface area (Å²) in [6, 6.07) is 0. The average Bonchev–Trinajstić information content (AvgIpc) is 1.67. The Bertz CT molecular complexity index is 60.4. The molecule has 0 aliphatic heterocycles. The van der Waals surface area contributed by atoms with Crippen molar-refractivity contribution in [3.63, 3.8) is 0 Å². The predicted molar refractivity (Wildman–Crippen MR) is 38.6 cm³/mol. The van der Waals surface area contributed by atoms with Crippen molar-refractivity contribution in [2.24, 2.45) is 11.3 Å². The van der Waals surface area contributed by atoms with Crippen LogP contribution in [0.5, 0.6) is 0 Å². The Morgan fingerprint density at radius 2 is 1.88 bits per heavy atom. The Balaban J connectivity index is 3.71. The Morgan fingerprint density at radius 3 is 1.88 bits per heavy atom. The largest absolute Gasteiger partial charge is 0.0975 e. The molecule has 8 heavy (non-hydrogen) atoms. The highest BCUT2D eigenvalue weighted by Gasteiger charge is 2.24. The van der Waals surface area contributed by atoms with Crippen LogP contribution in [0.15, 0.2) is 0 Å². The second kappa shape index (κ2) is 2.43. The van der Waals surface area contributed by atoms with Crippen LogP contribution < -0.4 is 0 Å². The average molecular weight is 113 g/mol. The number of hydrogen-bond donors (Lipinski definition) is 0. The van der Waals surface area contributed by atoms with Crippen LogP contribution in [0.4, 0.5) is 0 Å². The van der Waals surface area contributed by atoms with Crippen molar-refractivity contribution in [2.75, 3.05) is 0 Å². The summed E-state index contributed by atoms with van der Waals surface area (Å²) in [5.41, 5.74) is 0.431. The second-order valence-corrected chi connectivity index (χ2v) is 3.24. The minimum Gasteiger partial charge on any atom is -0.0647 e. The molecule has 0 saturated heterocycles. The zero-order valence-electron chi connectivity index (χ0n) is 6.49. The minimum absolute atomic E-state index is 0.431. The van der Waals surface area contributed by atoms with Gasteiger partial charge in [-0.15, -0.1) is 0 Å². The van der Waals surface area contributed by atoms with E-state index >= 15 is 0 Å². The molecule has 0 bridgehead atoms. The molecule has 0 aromatic rings. The maximum atomic E-state index is 3.98. The van der Waals surface area contributed by atoms with E-state index in [-0.39, 0.29) is 0 Å². The van der Waals surface area contributed by atoms with E-state index in [1.807, 2.05) is 0 Å². The summed E-state index contributed by atoms with van der Waals surface area (Å²) >= 11 is 0. The van der Waals surface area contributed by atoms with Gasteiger partial charge in [0.15, 0.2) is 0 Å². The molecule has 1 unspecified atom stereocenters. The summed E-state index contributed by atoms with van der Waals surface area (Å²) < 4.78 is 0. The van der Waals surface area contributed by atoms with E-state index < -0.39 is 0 Å². The van der Waals surface area contributed by atoms with Crippen molar-refractivity contribution in [3.05, 3.63) is 6.92 Å². The molecule has 0 saturated carbocycles. The molecular weight excluding hydrogens is 96.1 g/mol. The molecular formula is C8H17+. The third-order valence-electron chi connectivity index (χ3n) is 2.25. The molecule has 0 aromatic carbocycles. The van der Waals surface area contributed by atoms with Gasteiger partial charge in [0, 0.05) is 5.41 Å². The summed E-state index contributed by atoms with van der Waals surface area (Å²) in [5, 5.41) is 0. The fourth-order valence-corrected chi connectivity index (χ4v) is 0.348. The van der Waals surface area contributed by atoms with Crippen LogP contribution in [0.3, 0.4) is 0 Å². The molecule has 0 rings (SSSR count). The van der Waals surface area contributed by atoms with Crippen LogP contribution in [-0.4, -0.2) is 0 Å². The molecule has 0 N–H and O–H groups in total. The fourth-order valence-electron chi connectivity index (χ4n) is 0.348. The highest BCUT2D eigenvalue weighted by molar-refractivity contribution is 4.74. The monoisotopic (exact) mass is 113 g/mol. The molecule has 1 atom stereocenters. The van der Waals surface area contributed by atoms with Crippen LogP contribution in [0, 0.1) is 18.3 Å². The summed E-state index contributed by atoms with van der Waals surface area (Å²) in [5.74, 6) is 0.562. The van der Waals surface area contributed by atoms with E-state index in [0.717, 1.165) is 0 Å². The fraction of sp³-hybridized carbons (Fsp3) is 0.875. The van der Waals surface area contributed by atoms with Crippen LogP contribution in [0.2, 0.25) is 0 Å². The van der Waals surface area contributed by atoms with Gasteiger partial charge in [0.25, 0.3) is 0 Å². The zero-order chi connectivity index (χ0) is 6.78. The lowest BCUT2D eigenvalue weighted by molar-refractivity contribution is 0.264. The van der Waals surface area contributed by atoms with Gasteiger partial charge in [-0.3, -0.25) is 0 Å². The van der Waals surface area contributed by atoms with E-state index in [4.69, 9.17) is 0 Å². The van der Waals surface area contributed by atoms with Crippen molar-refractivity contribution in [1.29, 1.82) is 0 Å². The first-order chi connectivity index (χ1) is 3.50. The molecule has 0 spiro atoms. The van der Waals surface area contributed by atoms with E-state index in [0.29, 0.717) is 11.3 Å². The molecule has 0 heteroatoms. The first-order valence-electron chi connectivity index (χ1n) is 3.33. The van der Waals surface area contributed by atoms with Crippen LogP contribution >= 0.6 is 0 Å². The minimum atomic E-state index is 0.431. The van der Waals surface area contributed by atoms with E-state index in [1.54, 1.807) is 0 Å². The van der Waals surface area contributed by atoms with Gasteiger partial charge in [0.1, 0.15) is 0 Å². The molecule has 48 valence electrons. The molecule has 0 amide bonds. The lowest BCUT2D eigenvalue weighted by Crippen LogP contribution is -2.17. The Labute approximate surface area is 53.3 Å². The Morgan fingerprint density at radius 1 is 1.50 bits per heavy atom. The summed E-state index contributed by atoms with van der Waals surface area (Å²) in [6.45, 7) is 12.9. The van der Waals surface area contributed by atoms with Crippen molar-refractivity contribution in [2.45, 2.75) is 34.1 Å². The van der Waals surface area contributed by atoms with Crippen molar-refractivity contribution in [3.8, 4) is 0 Å². The maximum Gasteiger partial charge on any atom is 0.0975 e. The smallest absolute Gasteiger partial charge is 0.0647 e. The third kappa shape index (κ3) is 1.77. The Kier molecular flexibility index (Phi) is 2.39. The van der Waals surface area contributed by atoms with E-state index in [1.165, 1.54) is 6.42 Å². The van der Waals surface area contributed by atoms with Gasteiger partial charge in [-0.25, -0.2) is 0 Å². The summed E-state index contributed by atoms with van der Waals surface area (Å²) in [6.07, 6.45) is 1.22. The van der Waals surface area contributed by atoms with Crippen molar-refractivity contribution < 1.29 is 0 Å². The van der Waals surface area contributed by atoms with Crippen molar-refractivity contribution >= 4 is 0 Å². The molecule has 0 heterocycles. The van der Waals surface area contributed by atoms with Gasteiger partial charge in [-0.2, -0.15) is 0 Å². The first-order valence-corrected chi connectivity index (χ1v) is 3.33. The normalized spacial score (nSPS) is 16.0. The molecule has 0 aliphatic carbocycles. The van der Waals surface area contributed by atoms with Crippen molar-refractivity contribution in [1.82, 2.24) is 0 Å². The van der Waals surface area contributed by atoms with Gasteiger partial charge < -0.3 is 0 Å². The maximum absolute atomic E-state index is 3.98. The topological polar surface area (TPSA) is 0 Å². The first kappa shape index (κ1) is 7.87. The quantitative estimate of drug-likeness (QED) is 0.483. The highest BCUT2D eigenvalue weighted by atomic mass is 14.2. The van der Waals surface area contributed by atoms with Gasteiger partial charge in [-0.05, 0) is 13.3 Å². The lowest BCUT2D eigenvalue weighted by atomic mass is 9.79. The van der Waals surface area contributed by atoms with Crippen LogP contribution in [0.1, 0.15) is 34.1 Å². The molecule has 0 nitrogen and oxygen atoms in total. The standard InChI is InChI=1S/C8H17/c1-6-8(4,5)7(2)3/h7H,2,6H2,1,3-5H3/q+1. The van der Waals surface area contributed by atoms with Crippen LogP contribution in [-0.2, 0) is 0 Å². The van der Waals surface area contributed by atoms with Gasteiger partial charge in [-0.1, -0.05) is 20.8 Å². The molecule has 0 radical (unpaired) electrons. The van der Waals surface area contributed by atoms with E-state index in [9.17, 15) is 0 Å². The second-order valence-electron chi connectivity index (χ2n) is 3.24. The molecule has 0 aliphatic rings.